The number of hydrogen-bond acceptors (Lipinski definition) is 1. The Kier molecular flexibility index (Phi) is 3.97. The molecular weight excluding hydrogens is 158 g/mol. The fourth-order valence-corrected chi connectivity index (χ4v) is 1.46. The normalized spacial score (nSPS) is 12.8. The van der Waals surface area contributed by atoms with Crippen molar-refractivity contribution in [2.45, 2.75) is 39.2 Å². The minimum Gasteiger partial charge on any atom is -0.324 e. The molecule has 0 amide bonds. The summed E-state index contributed by atoms with van der Waals surface area (Å²) in [7, 11) is 0. The second-order valence-corrected chi connectivity index (χ2v) is 3.51. The van der Waals surface area contributed by atoms with Crippen molar-refractivity contribution in [3.8, 4) is 0 Å². The van der Waals surface area contributed by atoms with Crippen LogP contribution in [0, 0.1) is 0 Å². The van der Waals surface area contributed by atoms with Crippen molar-refractivity contribution in [3.05, 3.63) is 35.4 Å². The summed E-state index contributed by atoms with van der Waals surface area (Å²) in [5.41, 5.74) is 8.58. The third kappa shape index (κ3) is 2.85. The first-order chi connectivity index (χ1) is 6.27. The Balaban J connectivity index is 2.69. The minimum absolute atomic E-state index is 0.204. The second-order valence-electron chi connectivity index (χ2n) is 3.51. The Labute approximate surface area is 81.0 Å². The van der Waals surface area contributed by atoms with E-state index in [-0.39, 0.29) is 6.04 Å². The van der Waals surface area contributed by atoms with Crippen molar-refractivity contribution < 1.29 is 0 Å². The van der Waals surface area contributed by atoms with Crippen molar-refractivity contribution in [2.24, 2.45) is 5.73 Å². The molecule has 13 heavy (non-hydrogen) atoms. The highest BCUT2D eigenvalue weighted by atomic mass is 14.6. The maximum Gasteiger partial charge on any atom is 0.0292 e. The lowest BCUT2D eigenvalue weighted by Crippen LogP contribution is -2.08. The standard InChI is InChI=1S/C12H19N/c1-3-5-10-6-8-11(9-7-10)12(13)4-2/h6-9,12H,3-5,13H2,1-2H3/t12-/m1/s1. The topological polar surface area (TPSA) is 26.0 Å². The Morgan fingerprint density at radius 2 is 1.77 bits per heavy atom. The highest BCUT2D eigenvalue weighted by molar-refractivity contribution is 5.24. The van der Waals surface area contributed by atoms with Crippen LogP contribution < -0.4 is 5.73 Å². The molecule has 0 saturated carbocycles. The molecular formula is C12H19N. The van der Waals surface area contributed by atoms with E-state index in [0.29, 0.717) is 0 Å². The molecule has 0 saturated heterocycles. The Morgan fingerprint density at radius 3 is 2.23 bits per heavy atom. The molecule has 0 aliphatic carbocycles. The van der Waals surface area contributed by atoms with E-state index in [2.05, 4.69) is 38.1 Å². The van der Waals surface area contributed by atoms with Gasteiger partial charge in [0.25, 0.3) is 0 Å². The zero-order valence-electron chi connectivity index (χ0n) is 8.59. The van der Waals surface area contributed by atoms with E-state index in [0.717, 1.165) is 6.42 Å². The zero-order valence-corrected chi connectivity index (χ0v) is 8.59. The average molecular weight is 177 g/mol. The molecule has 0 aromatic heterocycles. The lowest BCUT2D eigenvalue weighted by Gasteiger charge is -2.09. The summed E-state index contributed by atoms with van der Waals surface area (Å²) in [6.45, 7) is 4.32. The molecule has 72 valence electrons. The number of benzene rings is 1. The average Bonchev–Trinajstić information content (AvgIpc) is 2.18. The van der Waals surface area contributed by atoms with Crippen LogP contribution in [0.5, 0.6) is 0 Å². The van der Waals surface area contributed by atoms with E-state index in [1.807, 2.05) is 0 Å². The van der Waals surface area contributed by atoms with Gasteiger partial charge in [0.15, 0.2) is 0 Å². The SMILES string of the molecule is CCCc1ccc([C@H](N)CC)cc1. The molecule has 0 unspecified atom stereocenters. The largest absolute Gasteiger partial charge is 0.324 e. The number of nitrogens with two attached hydrogens (primary N) is 1. The van der Waals surface area contributed by atoms with E-state index in [9.17, 15) is 0 Å². The quantitative estimate of drug-likeness (QED) is 0.751. The summed E-state index contributed by atoms with van der Waals surface area (Å²) in [5, 5.41) is 0. The van der Waals surface area contributed by atoms with Crippen molar-refractivity contribution in [3.63, 3.8) is 0 Å². The van der Waals surface area contributed by atoms with Crippen molar-refractivity contribution in [1.29, 1.82) is 0 Å². The van der Waals surface area contributed by atoms with Crippen LogP contribution in [0.2, 0.25) is 0 Å². The molecule has 0 spiro atoms. The first-order valence-electron chi connectivity index (χ1n) is 5.12. The molecule has 1 aromatic carbocycles. The van der Waals surface area contributed by atoms with Crippen LogP contribution in [-0.2, 0) is 6.42 Å². The third-order valence-corrected chi connectivity index (χ3v) is 2.39. The van der Waals surface area contributed by atoms with E-state index in [4.69, 9.17) is 5.73 Å². The van der Waals surface area contributed by atoms with Gasteiger partial charge in [-0.2, -0.15) is 0 Å². The molecule has 1 atom stereocenters. The van der Waals surface area contributed by atoms with Crippen molar-refractivity contribution in [2.75, 3.05) is 0 Å². The van der Waals surface area contributed by atoms with E-state index in [1.54, 1.807) is 0 Å². The summed E-state index contributed by atoms with van der Waals surface area (Å²) in [6, 6.07) is 8.89. The van der Waals surface area contributed by atoms with Crippen LogP contribution in [0.3, 0.4) is 0 Å². The van der Waals surface area contributed by atoms with Gasteiger partial charge in [0, 0.05) is 6.04 Å². The van der Waals surface area contributed by atoms with Gasteiger partial charge in [0.2, 0.25) is 0 Å². The Bertz CT molecular complexity index is 238. The summed E-state index contributed by atoms with van der Waals surface area (Å²) in [4.78, 5) is 0. The molecule has 1 rings (SSSR count). The van der Waals surface area contributed by atoms with E-state index < -0.39 is 0 Å². The summed E-state index contributed by atoms with van der Waals surface area (Å²) in [6.07, 6.45) is 3.38. The molecule has 1 heteroatoms. The highest BCUT2D eigenvalue weighted by Crippen LogP contribution is 2.14. The third-order valence-electron chi connectivity index (χ3n) is 2.39. The summed E-state index contributed by atoms with van der Waals surface area (Å²) in [5.74, 6) is 0. The van der Waals surface area contributed by atoms with Crippen LogP contribution in [0.1, 0.15) is 43.9 Å². The first-order valence-corrected chi connectivity index (χ1v) is 5.12. The maximum atomic E-state index is 5.92. The second kappa shape index (κ2) is 5.03. The van der Waals surface area contributed by atoms with Crippen LogP contribution in [0.25, 0.3) is 0 Å². The molecule has 0 fully saturated rings. The molecule has 0 bridgehead atoms. The summed E-state index contributed by atoms with van der Waals surface area (Å²) < 4.78 is 0. The van der Waals surface area contributed by atoms with Crippen LogP contribution in [-0.4, -0.2) is 0 Å². The van der Waals surface area contributed by atoms with E-state index in [1.165, 1.54) is 24.0 Å². The van der Waals surface area contributed by atoms with E-state index >= 15 is 0 Å². The molecule has 0 heterocycles. The zero-order chi connectivity index (χ0) is 9.68. The van der Waals surface area contributed by atoms with Gasteiger partial charge in [-0.25, -0.2) is 0 Å². The highest BCUT2D eigenvalue weighted by Gasteiger charge is 2.01. The molecule has 0 radical (unpaired) electrons. The van der Waals surface area contributed by atoms with Gasteiger partial charge in [0.05, 0.1) is 0 Å². The fraction of sp³-hybridized carbons (Fsp3) is 0.500. The smallest absolute Gasteiger partial charge is 0.0292 e. The van der Waals surface area contributed by atoms with Gasteiger partial charge in [-0.05, 0) is 24.0 Å². The first kappa shape index (κ1) is 10.3. The van der Waals surface area contributed by atoms with Crippen molar-refractivity contribution >= 4 is 0 Å². The van der Waals surface area contributed by atoms with Crippen LogP contribution >= 0.6 is 0 Å². The maximum absolute atomic E-state index is 5.92. The van der Waals surface area contributed by atoms with Crippen LogP contribution in [0.15, 0.2) is 24.3 Å². The number of aryl methyl sites for hydroxylation is 1. The molecule has 2 N–H and O–H groups in total. The Hall–Kier alpha value is -0.820. The number of rotatable bonds is 4. The molecule has 1 nitrogen and oxygen atoms in total. The van der Waals surface area contributed by atoms with Gasteiger partial charge >= 0.3 is 0 Å². The van der Waals surface area contributed by atoms with Gasteiger partial charge in [-0.1, -0.05) is 44.5 Å². The Morgan fingerprint density at radius 1 is 1.15 bits per heavy atom. The molecule has 1 aromatic rings. The number of hydrogen-bond donors (Lipinski definition) is 1. The molecule has 0 aliphatic rings. The van der Waals surface area contributed by atoms with Crippen molar-refractivity contribution in [1.82, 2.24) is 0 Å². The monoisotopic (exact) mass is 177 g/mol. The van der Waals surface area contributed by atoms with Gasteiger partial charge in [-0.3, -0.25) is 0 Å². The van der Waals surface area contributed by atoms with Gasteiger partial charge in [-0.15, -0.1) is 0 Å². The van der Waals surface area contributed by atoms with Crippen LogP contribution in [0.4, 0.5) is 0 Å². The summed E-state index contributed by atoms with van der Waals surface area (Å²) >= 11 is 0. The predicted molar refractivity (Wildman–Crippen MR) is 57.7 cm³/mol. The van der Waals surface area contributed by atoms with Gasteiger partial charge < -0.3 is 5.73 Å². The molecule has 0 aliphatic heterocycles. The lowest BCUT2D eigenvalue weighted by molar-refractivity contribution is 0.698. The van der Waals surface area contributed by atoms with Gasteiger partial charge in [0.1, 0.15) is 0 Å². The minimum atomic E-state index is 0.204. The fourth-order valence-electron chi connectivity index (χ4n) is 1.46. The predicted octanol–water partition coefficient (Wildman–Crippen LogP) is 3.05. The lowest BCUT2D eigenvalue weighted by atomic mass is 10.0.